The van der Waals surface area contributed by atoms with Crippen LogP contribution in [0.5, 0.6) is 5.75 Å². The first-order valence-corrected chi connectivity index (χ1v) is 10.6. The van der Waals surface area contributed by atoms with E-state index in [4.69, 9.17) is 4.74 Å². The molecule has 0 amide bonds. The molecule has 3 aromatic carbocycles. The number of hydrogen-bond acceptors (Lipinski definition) is 3. The number of benzene rings is 3. The number of rotatable bonds is 5. The zero-order valence-corrected chi connectivity index (χ0v) is 16.3. The first-order valence-electron chi connectivity index (χ1n) is 9.12. The van der Waals surface area contributed by atoms with Crippen LogP contribution < -0.4 is 9.04 Å². The van der Waals surface area contributed by atoms with Crippen molar-refractivity contribution >= 4 is 21.8 Å². The van der Waals surface area contributed by atoms with E-state index >= 15 is 0 Å². The summed E-state index contributed by atoms with van der Waals surface area (Å²) in [5.41, 5.74) is 2.54. The minimum atomic E-state index is -3.74. The molecule has 0 N–H and O–H groups in total. The third-order valence-corrected chi connectivity index (χ3v) is 6.57. The average molecular weight is 391 g/mol. The molecule has 0 bridgehead atoms. The first kappa shape index (κ1) is 18.3. The molecular formula is C23H21NO3S. The summed E-state index contributed by atoms with van der Waals surface area (Å²) in [6.45, 7) is 2.16. The average Bonchev–Trinajstić information content (AvgIpc) is 2.72. The molecule has 3 aromatic rings. The highest BCUT2D eigenvalue weighted by atomic mass is 32.2. The van der Waals surface area contributed by atoms with Crippen LogP contribution in [0.15, 0.2) is 89.8 Å². The van der Waals surface area contributed by atoms with E-state index in [1.54, 1.807) is 12.1 Å². The minimum absolute atomic E-state index is 0.222. The van der Waals surface area contributed by atoms with Gasteiger partial charge in [-0.3, -0.25) is 4.31 Å². The number of sulfonamides is 1. The fourth-order valence-electron chi connectivity index (χ4n) is 3.25. The normalized spacial score (nSPS) is 15.9. The number of hydrogen-bond donors (Lipinski definition) is 0. The van der Waals surface area contributed by atoms with E-state index in [1.165, 1.54) is 4.31 Å². The molecule has 1 aliphatic rings. The maximum atomic E-state index is 13.5. The molecule has 4 nitrogen and oxygen atoms in total. The van der Waals surface area contributed by atoms with Gasteiger partial charge in [0.05, 0.1) is 16.6 Å². The van der Waals surface area contributed by atoms with Crippen molar-refractivity contribution in [1.29, 1.82) is 0 Å². The molecular weight excluding hydrogens is 370 g/mol. The highest BCUT2D eigenvalue weighted by molar-refractivity contribution is 7.92. The lowest BCUT2D eigenvalue weighted by molar-refractivity contribution is 0.307. The summed E-state index contributed by atoms with van der Waals surface area (Å²) >= 11 is 0. The lowest BCUT2D eigenvalue weighted by atomic mass is 10.1. The third kappa shape index (κ3) is 3.53. The van der Waals surface area contributed by atoms with Crippen molar-refractivity contribution < 1.29 is 13.2 Å². The Labute approximate surface area is 165 Å². The van der Waals surface area contributed by atoms with Crippen LogP contribution in [-0.2, 0) is 10.0 Å². The van der Waals surface area contributed by atoms with Gasteiger partial charge < -0.3 is 4.74 Å². The van der Waals surface area contributed by atoms with Gasteiger partial charge in [0, 0.05) is 0 Å². The van der Waals surface area contributed by atoms with Crippen molar-refractivity contribution in [2.24, 2.45) is 0 Å². The van der Waals surface area contributed by atoms with Crippen LogP contribution >= 0.6 is 0 Å². The van der Waals surface area contributed by atoms with Crippen LogP contribution in [0.25, 0.3) is 6.08 Å². The second-order valence-electron chi connectivity index (χ2n) is 6.72. The summed E-state index contributed by atoms with van der Waals surface area (Å²) in [5.74, 6) is 0.711. The van der Waals surface area contributed by atoms with Crippen molar-refractivity contribution in [2.75, 3.05) is 10.9 Å². The molecule has 0 spiro atoms. The van der Waals surface area contributed by atoms with Crippen LogP contribution in [-0.4, -0.2) is 21.1 Å². The predicted octanol–water partition coefficient (Wildman–Crippen LogP) is 4.66. The highest BCUT2D eigenvalue weighted by Gasteiger charge is 2.34. The van der Waals surface area contributed by atoms with Crippen LogP contribution in [0, 0.1) is 6.92 Å². The van der Waals surface area contributed by atoms with Gasteiger partial charge >= 0.3 is 0 Å². The van der Waals surface area contributed by atoms with Gasteiger partial charge in [0.15, 0.2) is 0 Å². The van der Waals surface area contributed by atoms with Crippen LogP contribution in [0.1, 0.15) is 11.1 Å². The third-order valence-electron chi connectivity index (χ3n) is 4.72. The van der Waals surface area contributed by atoms with Crippen molar-refractivity contribution in [3.63, 3.8) is 0 Å². The Morgan fingerprint density at radius 2 is 1.57 bits per heavy atom. The number of aryl methyl sites for hydroxylation is 1. The number of nitrogens with zero attached hydrogens (tertiary/aromatic N) is 1. The lowest BCUT2D eigenvalue weighted by Crippen LogP contribution is -2.44. The van der Waals surface area contributed by atoms with Gasteiger partial charge in [0.2, 0.25) is 0 Å². The standard InChI is InChI=1S/C23H21NO3S/c1-18-11-15-22(16-12-18)28(25,26)24-20(17-27-21-8-3-2-4-9-21)14-13-19-7-5-6-10-23(19)24/h2-16,20H,17H2,1H3. The summed E-state index contributed by atoms with van der Waals surface area (Å²) < 4.78 is 34.4. The summed E-state index contributed by atoms with van der Waals surface area (Å²) in [6.07, 6.45) is 3.84. The van der Waals surface area contributed by atoms with Crippen LogP contribution in [0.2, 0.25) is 0 Å². The quantitative estimate of drug-likeness (QED) is 0.635. The Bertz CT molecular complexity index is 1090. The molecule has 0 saturated heterocycles. The molecule has 0 aliphatic carbocycles. The second kappa shape index (κ2) is 7.52. The fourth-order valence-corrected chi connectivity index (χ4v) is 4.87. The molecule has 0 saturated carbocycles. The van der Waals surface area contributed by atoms with Gasteiger partial charge in [-0.1, -0.05) is 66.2 Å². The van der Waals surface area contributed by atoms with Gasteiger partial charge in [-0.05, 0) is 42.8 Å². The van der Waals surface area contributed by atoms with Crippen LogP contribution in [0.3, 0.4) is 0 Å². The molecule has 0 aromatic heterocycles. The SMILES string of the molecule is Cc1ccc(S(=O)(=O)N2c3ccccc3C=CC2COc2ccccc2)cc1. The number of para-hydroxylation sites is 2. The zero-order valence-electron chi connectivity index (χ0n) is 15.5. The maximum absolute atomic E-state index is 13.5. The van der Waals surface area contributed by atoms with Crippen molar-refractivity contribution in [3.05, 3.63) is 96.1 Å². The lowest BCUT2D eigenvalue weighted by Gasteiger charge is -2.34. The van der Waals surface area contributed by atoms with E-state index < -0.39 is 16.1 Å². The number of fused-ring (bicyclic) bond motifs is 1. The summed E-state index contributed by atoms with van der Waals surface area (Å²) in [4.78, 5) is 0.271. The Hall–Kier alpha value is -3.05. The van der Waals surface area contributed by atoms with E-state index in [0.29, 0.717) is 11.4 Å². The van der Waals surface area contributed by atoms with Gasteiger partial charge in [0.25, 0.3) is 10.0 Å². The number of ether oxygens (including phenoxy) is 1. The highest BCUT2D eigenvalue weighted by Crippen LogP contribution is 2.34. The van der Waals surface area contributed by atoms with Gasteiger partial charge in [-0.2, -0.15) is 0 Å². The van der Waals surface area contributed by atoms with Gasteiger partial charge in [-0.15, -0.1) is 0 Å². The summed E-state index contributed by atoms with van der Waals surface area (Å²) in [5, 5.41) is 0. The Kier molecular flexibility index (Phi) is 4.92. The largest absolute Gasteiger partial charge is 0.491 e. The van der Waals surface area contributed by atoms with E-state index in [0.717, 1.165) is 11.1 Å². The molecule has 1 unspecified atom stereocenters. The molecule has 1 aliphatic heterocycles. The topological polar surface area (TPSA) is 46.6 Å². The smallest absolute Gasteiger partial charge is 0.264 e. The van der Waals surface area contributed by atoms with E-state index in [-0.39, 0.29) is 11.5 Å². The van der Waals surface area contributed by atoms with Crippen LogP contribution in [0.4, 0.5) is 5.69 Å². The zero-order chi connectivity index (χ0) is 19.6. The molecule has 1 atom stereocenters. The van der Waals surface area contributed by atoms with E-state index in [2.05, 4.69) is 0 Å². The Balaban J connectivity index is 1.72. The van der Waals surface area contributed by atoms with Crippen molar-refractivity contribution in [2.45, 2.75) is 17.9 Å². The second-order valence-corrected chi connectivity index (χ2v) is 8.54. The van der Waals surface area contributed by atoms with Crippen molar-refractivity contribution in [3.8, 4) is 5.75 Å². The summed E-state index contributed by atoms with van der Waals surface area (Å²) in [7, 11) is -3.74. The minimum Gasteiger partial charge on any atom is -0.491 e. The monoisotopic (exact) mass is 391 g/mol. The van der Waals surface area contributed by atoms with E-state index in [1.807, 2.05) is 85.8 Å². The molecule has 28 heavy (non-hydrogen) atoms. The van der Waals surface area contributed by atoms with Gasteiger partial charge in [-0.25, -0.2) is 8.42 Å². The fraction of sp³-hybridized carbons (Fsp3) is 0.130. The number of anilines is 1. The molecule has 4 rings (SSSR count). The molecule has 0 fully saturated rings. The predicted molar refractivity (Wildman–Crippen MR) is 112 cm³/mol. The molecule has 1 heterocycles. The van der Waals surface area contributed by atoms with Gasteiger partial charge in [0.1, 0.15) is 12.4 Å². The van der Waals surface area contributed by atoms with Crippen molar-refractivity contribution in [1.82, 2.24) is 0 Å². The summed E-state index contributed by atoms with van der Waals surface area (Å²) in [6, 6.07) is 23.4. The molecule has 0 radical (unpaired) electrons. The first-order chi connectivity index (χ1) is 13.6. The molecule has 5 heteroatoms. The Morgan fingerprint density at radius 3 is 2.32 bits per heavy atom. The van der Waals surface area contributed by atoms with E-state index in [9.17, 15) is 8.42 Å². The molecule has 142 valence electrons. The Morgan fingerprint density at radius 1 is 0.893 bits per heavy atom. The maximum Gasteiger partial charge on any atom is 0.264 e.